The predicted molar refractivity (Wildman–Crippen MR) is 114 cm³/mol. The highest BCUT2D eigenvalue weighted by atomic mass is 16.5. The molecule has 2 aromatic carbocycles. The van der Waals surface area contributed by atoms with Crippen LogP contribution in [0.2, 0.25) is 0 Å². The summed E-state index contributed by atoms with van der Waals surface area (Å²) in [5.41, 5.74) is 1.99. The monoisotopic (exact) mass is 391 g/mol. The first-order valence-corrected chi connectivity index (χ1v) is 9.55. The van der Waals surface area contributed by atoms with Gasteiger partial charge in [0.2, 0.25) is 5.91 Å². The molecule has 3 rings (SSSR count). The Balaban J connectivity index is 1.58. The molecule has 0 saturated heterocycles. The number of nitrogens with zero attached hydrogens (tertiary/aromatic N) is 2. The van der Waals surface area contributed by atoms with Crippen LogP contribution in [0.15, 0.2) is 66.9 Å². The van der Waals surface area contributed by atoms with Crippen LogP contribution in [0.3, 0.4) is 0 Å². The fraction of sp³-hybridized carbons (Fsp3) is 0.217. The zero-order valence-electron chi connectivity index (χ0n) is 16.7. The van der Waals surface area contributed by atoms with Crippen molar-refractivity contribution in [2.75, 3.05) is 19.0 Å². The van der Waals surface area contributed by atoms with Crippen LogP contribution in [0, 0.1) is 0 Å². The molecular formula is C23H25N3O3. The maximum absolute atomic E-state index is 12.2. The van der Waals surface area contributed by atoms with Crippen molar-refractivity contribution in [1.82, 2.24) is 9.78 Å². The van der Waals surface area contributed by atoms with E-state index in [0.29, 0.717) is 30.5 Å². The molecule has 6 nitrogen and oxygen atoms in total. The average Bonchev–Trinajstić information content (AvgIpc) is 3.18. The van der Waals surface area contributed by atoms with Crippen molar-refractivity contribution < 1.29 is 14.3 Å². The van der Waals surface area contributed by atoms with Crippen molar-refractivity contribution in [3.63, 3.8) is 0 Å². The van der Waals surface area contributed by atoms with Crippen LogP contribution in [0.5, 0.6) is 11.5 Å². The zero-order chi connectivity index (χ0) is 20.5. The summed E-state index contributed by atoms with van der Waals surface area (Å²) in [7, 11) is 1.60. The molecule has 0 unspecified atom stereocenters. The zero-order valence-corrected chi connectivity index (χ0v) is 16.7. The van der Waals surface area contributed by atoms with Gasteiger partial charge in [-0.3, -0.25) is 9.48 Å². The highest BCUT2D eigenvalue weighted by molar-refractivity contribution is 6.01. The van der Waals surface area contributed by atoms with E-state index < -0.39 is 0 Å². The molecule has 0 aliphatic heterocycles. The highest BCUT2D eigenvalue weighted by Gasteiger charge is 2.06. The van der Waals surface area contributed by atoms with Crippen molar-refractivity contribution >= 4 is 17.8 Å². The maximum Gasteiger partial charge on any atom is 0.249 e. The van der Waals surface area contributed by atoms with Crippen LogP contribution in [-0.2, 0) is 11.3 Å². The van der Waals surface area contributed by atoms with E-state index in [1.54, 1.807) is 23.9 Å². The van der Waals surface area contributed by atoms with E-state index in [4.69, 9.17) is 9.47 Å². The molecule has 0 spiro atoms. The lowest BCUT2D eigenvalue weighted by Gasteiger charge is -2.10. The number of amides is 1. The second kappa shape index (κ2) is 10.1. The molecule has 0 aliphatic rings. The molecule has 0 atom stereocenters. The number of methoxy groups -OCH3 is 1. The van der Waals surface area contributed by atoms with Crippen LogP contribution in [-0.4, -0.2) is 29.4 Å². The van der Waals surface area contributed by atoms with Crippen molar-refractivity contribution in [3.05, 3.63) is 78.0 Å². The molecule has 0 saturated carbocycles. The number of benzene rings is 2. The molecule has 1 amide bonds. The molecule has 1 heterocycles. The third kappa shape index (κ3) is 5.97. The first-order valence-electron chi connectivity index (χ1n) is 9.55. The van der Waals surface area contributed by atoms with Gasteiger partial charge < -0.3 is 14.8 Å². The second-order valence-electron chi connectivity index (χ2n) is 6.47. The van der Waals surface area contributed by atoms with Crippen molar-refractivity contribution in [3.8, 4) is 11.5 Å². The normalized spacial score (nSPS) is 10.8. The van der Waals surface area contributed by atoms with Crippen LogP contribution in [0.1, 0.15) is 24.5 Å². The fourth-order valence-electron chi connectivity index (χ4n) is 2.75. The van der Waals surface area contributed by atoms with E-state index >= 15 is 0 Å². The number of aromatic nitrogens is 2. The Hall–Kier alpha value is -3.54. The van der Waals surface area contributed by atoms with E-state index in [1.807, 2.05) is 61.7 Å². The topological polar surface area (TPSA) is 65.4 Å². The van der Waals surface area contributed by atoms with E-state index in [0.717, 1.165) is 17.5 Å². The van der Waals surface area contributed by atoms with E-state index in [1.165, 1.54) is 6.08 Å². The molecular weight excluding hydrogens is 366 g/mol. The van der Waals surface area contributed by atoms with Gasteiger partial charge >= 0.3 is 0 Å². The van der Waals surface area contributed by atoms with Crippen LogP contribution in [0.25, 0.3) is 6.08 Å². The molecule has 0 bridgehead atoms. The second-order valence-corrected chi connectivity index (χ2v) is 6.47. The van der Waals surface area contributed by atoms with Gasteiger partial charge in [-0.05, 0) is 35.8 Å². The minimum atomic E-state index is -0.250. The lowest BCUT2D eigenvalue weighted by Crippen LogP contribution is -2.09. The van der Waals surface area contributed by atoms with Gasteiger partial charge in [0.1, 0.15) is 0 Å². The number of carbonyl (C=O) groups is 1. The summed E-state index contributed by atoms with van der Waals surface area (Å²) >= 11 is 0. The molecule has 6 heteroatoms. The number of hydrogen-bond donors (Lipinski definition) is 1. The summed E-state index contributed by atoms with van der Waals surface area (Å²) in [6, 6.07) is 17.4. The van der Waals surface area contributed by atoms with Crippen molar-refractivity contribution in [1.29, 1.82) is 0 Å². The smallest absolute Gasteiger partial charge is 0.249 e. The molecule has 3 aromatic rings. The fourth-order valence-corrected chi connectivity index (χ4v) is 2.75. The number of nitrogens with one attached hydrogen (secondary N) is 1. The first kappa shape index (κ1) is 20.2. The van der Waals surface area contributed by atoms with Crippen molar-refractivity contribution in [2.24, 2.45) is 0 Å². The number of hydrogen-bond acceptors (Lipinski definition) is 4. The number of carbonyl (C=O) groups excluding carboxylic acids is 1. The Bertz CT molecular complexity index is 965. The summed E-state index contributed by atoms with van der Waals surface area (Å²) in [5.74, 6) is 1.59. The first-order chi connectivity index (χ1) is 14.2. The third-order valence-electron chi connectivity index (χ3n) is 4.16. The Morgan fingerprint density at radius 3 is 2.72 bits per heavy atom. The molecule has 29 heavy (non-hydrogen) atoms. The average molecular weight is 391 g/mol. The van der Waals surface area contributed by atoms with Gasteiger partial charge in [0.15, 0.2) is 17.3 Å². The Kier molecular flexibility index (Phi) is 7.05. The maximum atomic E-state index is 12.2. The molecule has 0 radical (unpaired) electrons. The quantitative estimate of drug-likeness (QED) is 0.550. The SMILES string of the molecule is CCCOc1ccc(C=CC(=O)Nc2ccn(Cc3ccccc3)n2)cc1OC. The minimum Gasteiger partial charge on any atom is -0.493 e. The standard InChI is InChI=1S/C23H25N3O3/c1-3-15-29-20-11-9-18(16-21(20)28-2)10-12-23(27)24-22-13-14-26(25-22)17-19-7-5-4-6-8-19/h4-14,16H,3,15,17H2,1-2H3,(H,24,25,27). The molecule has 0 fully saturated rings. The van der Waals surface area contributed by atoms with Gasteiger partial charge in [-0.2, -0.15) is 5.10 Å². The summed E-state index contributed by atoms with van der Waals surface area (Å²) in [6.07, 6.45) is 5.96. The Morgan fingerprint density at radius 1 is 1.14 bits per heavy atom. The van der Waals surface area contributed by atoms with Gasteiger partial charge in [-0.1, -0.05) is 43.3 Å². The lowest BCUT2D eigenvalue weighted by atomic mass is 10.2. The molecule has 1 N–H and O–H groups in total. The van der Waals surface area contributed by atoms with Crippen LogP contribution >= 0.6 is 0 Å². The van der Waals surface area contributed by atoms with Crippen LogP contribution < -0.4 is 14.8 Å². The summed E-state index contributed by atoms with van der Waals surface area (Å²) < 4.78 is 12.8. The Morgan fingerprint density at radius 2 is 1.97 bits per heavy atom. The van der Waals surface area contributed by atoms with Gasteiger partial charge in [-0.15, -0.1) is 0 Å². The van der Waals surface area contributed by atoms with Crippen LogP contribution in [0.4, 0.5) is 5.82 Å². The number of anilines is 1. The summed E-state index contributed by atoms with van der Waals surface area (Å²) in [4.78, 5) is 12.2. The van der Waals surface area contributed by atoms with Gasteiger partial charge in [0.05, 0.1) is 20.3 Å². The lowest BCUT2D eigenvalue weighted by molar-refractivity contribution is -0.111. The summed E-state index contributed by atoms with van der Waals surface area (Å²) in [6.45, 7) is 3.33. The summed E-state index contributed by atoms with van der Waals surface area (Å²) in [5, 5.41) is 7.15. The number of rotatable bonds is 9. The largest absolute Gasteiger partial charge is 0.493 e. The predicted octanol–water partition coefficient (Wildman–Crippen LogP) is 4.38. The molecule has 1 aromatic heterocycles. The number of ether oxygens (including phenoxy) is 2. The van der Waals surface area contributed by atoms with E-state index in [2.05, 4.69) is 10.4 Å². The minimum absolute atomic E-state index is 0.250. The molecule has 0 aliphatic carbocycles. The highest BCUT2D eigenvalue weighted by Crippen LogP contribution is 2.28. The van der Waals surface area contributed by atoms with Gasteiger partial charge in [0, 0.05) is 18.3 Å². The molecule has 150 valence electrons. The van der Waals surface area contributed by atoms with E-state index in [-0.39, 0.29) is 5.91 Å². The third-order valence-corrected chi connectivity index (χ3v) is 4.16. The van der Waals surface area contributed by atoms with Crippen molar-refractivity contribution in [2.45, 2.75) is 19.9 Å². The Labute approximate surface area is 170 Å². The van der Waals surface area contributed by atoms with Gasteiger partial charge in [-0.25, -0.2) is 0 Å². The van der Waals surface area contributed by atoms with E-state index in [9.17, 15) is 4.79 Å². The van der Waals surface area contributed by atoms with Gasteiger partial charge in [0.25, 0.3) is 0 Å².